The van der Waals surface area contributed by atoms with Gasteiger partial charge in [-0.3, -0.25) is 9.59 Å². The van der Waals surface area contributed by atoms with Gasteiger partial charge in [-0.1, -0.05) is 25.1 Å². The van der Waals surface area contributed by atoms with Crippen molar-refractivity contribution in [3.63, 3.8) is 0 Å². The van der Waals surface area contributed by atoms with Crippen LogP contribution in [0.15, 0.2) is 48.7 Å². The Hall–Kier alpha value is -6.20. The topological polar surface area (TPSA) is 213 Å². The number of nitrogens with zero attached hydrogens (tertiary/aromatic N) is 4. The molecule has 0 spiro atoms. The summed E-state index contributed by atoms with van der Waals surface area (Å²) in [6, 6.07) is 11.6. The highest BCUT2D eigenvalue weighted by atomic mass is 16.5. The molecule has 2 saturated heterocycles. The van der Waals surface area contributed by atoms with Crippen molar-refractivity contribution in [2.75, 3.05) is 21.3 Å². The first kappa shape index (κ1) is 42.5. The molecule has 17 heteroatoms. The Morgan fingerprint density at radius 1 is 0.871 bits per heavy atom. The van der Waals surface area contributed by atoms with Crippen LogP contribution in [0.3, 0.4) is 0 Å². The van der Waals surface area contributed by atoms with E-state index in [4.69, 9.17) is 28.9 Å². The third-order valence-corrected chi connectivity index (χ3v) is 13.0. The molecule has 0 aliphatic carbocycles. The number of fused-ring (bicyclic) bond motifs is 6. The number of hydrogen-bond acceptors (Lipinski definition) is 10. The van der Waals surface area contributed by atoms with E-state index in [-0.39, 0.29) is 36.0 Å². The summed E-state index contributed by atoms with van der Waals surface area (Å²) in [6.45, 7) is 7.78. The highest BCUT2D eigenvalue weighted by Crippen LogP contribution is 2.44. The molecule has 5 aromatic rings. The second-order valence-electron chi connectivity index (χ2n) is 16.5. The Labute approximate surface area is 358 Å². The van der Waals surface area contributed by atoms with E-state index >= 15 is 0 Å². The van der Waals surface area contributed by atoms with E-state index in [1.54, 1.807) is 24.9 Å². The monoisotopic (exact) mass is 850 g/mol. The van der Waals surface area contributed by atoms with Gasteiger partial charge in [-0.25, -0.2) is 19.6 Å². The highest BCUT2D eigenvalue weighted by molar-refractivity contribution is 6.07. The van der Waals surface area contributed by atoms with Crippen LogP contribution in [0.5, 0.6) is 5.75 Å². The Kier molecular flexibility index (Phi) is 11.8. The number of likely N-dealkylation sites (tertiary alicyclic amines) is 2. The fraction of sp³-hybridized carbons (Fsp3) is 0.467. The van der Waals surface area contributed by atoms with Crippen LogP contribution in [-0.2, 0) is 30.4 Å². The second-order valence-corrected chi connectivity index (χ2v) is 16.5. The summed E-state index contributed by atoms with van der Waals surface area (Å²) in [5.74, 6) is 1.46. The van der Waals surface area contributed by atoms with Crippen molar-refractivity contribution < 1.29 is 43.2 Å². The van der Waals surface area contributed by atoms with Crippen molar-refractivity contribution in [1.82, 2.24) is 40.4 Å². The molecule has 4 unspecified atom stereocenters. The number of benzene rings is 3. The maximum absolute atomic E-state index is 14.2. The number of amides is 4. The van der Waals surface area contributed by atoms with Crippen LogP contribution in [0, 0.1) is 0 Å². The smallest absolute Gasteiger partial charge is 0.407 e. The molecule has 2 aromatic heterocycles. The van der Waals surface area contributed by atoms with Crippen molar-refractivity contribution in [1.29, 1.82) is 0 Å². The molecule has 4 amide bonds. The van der Waals surface area contributed by atoms with Gasteiger partial charge in [-0.2, -0.15) is 0 Å². The molecule has 2 fully saturated rings. The number of carbonyl (C=O) groups excluding carboxylic acids is 3. The summed E-state index contributed by atoms with van der Waals surface area (Å²) >= 11 is 0. The van der Waals surface area contributed by atoms with Gasteiger partial charge in [0.25, 0.3) is 0 Å². The molecular weight excluding hydrogens is 797 g/mol. The molecule has 5 heterocycles. The van der Waals surface area contributed by atoms with Crippen LogP contribution in [0.4, 0.5) is 9.59 Å². The van der Waals surface area contributed by atoms with Gasteiger partial charge in [0, 0.05) is 37.3 Å². The average molecular weight is 851 g/mol. The minimum absolute atomic E-state index is 0.0371. The lowest BCUT2D eigenvalue weighted by Crippen LogP contribution is -2.55. The number of aromatic nitrogens is 4. The number of alkyl carbamates (subject to hydrolysis) is 1. The molecular formula is C45H54N8O9. The Bertz CT molecular complexity index is 2520. The quantitative estimate of drug-likeness (QED) is 0.0903. The number of hydrogen-bond donors (Lipinski definition) is 5. The largest absolute Gasteiger partial charge is 0.488 e. The van der Waals surface area contributed by atoms with E-state index in [1.165, 1.54) is 21.3 Å². The van der Waals surface area contributed by atoms with Gasteiger partial charge in [0.15, 0.2) is 0 Å². The van der Waals surface area contributed by atoms with Gasteiger partial charge in [-0.15, -0.1) is 0 Å². The van der Waals surface area contributed by atoms with E-state index in [2.05, 4.69) is 51.8 Å². The molecule has 17 nitrogen and oxygen atoms in total. The highest BCUT2D eigenvalue weighted by Gasteiger charge is 2.44. The van der Waals surface area contributed by atoms with Crippen molar-refractivity contribution in [2.45, 2.75) is 115 Å². The molecule has 62 heavy (non-hydrogen) atoms. The maximum Gasteiger partial charge on any atom is 0.407 e. The predicted molar refractivity (Wildman–Crippen MR) is 229 cm³/mol. The fourth-order valence-corrected chi connectivity index (χ4v) is 9.47. The lowest BCUT2D eigenvalue weighted by molar-refractivity contribution is -0.140. The van der Waals surface area contributed by atoms with Crippen LogP contribution < -0.4 is 15.4 Å². The van der Waals surface area contributed by atoms with Crippen LogP contribution >= 0.6 is 0 Å². The van der Waals surface area contributed by atoms with E-state index < -0.39 is 36.5 Å². The molecule has 3 aliphatic heterocycles. The standard InChI is InChI=1S/C45H54N8O9/c1-8-28-12-16-35(53(28)43(55)38(24(4)60-6)51-45(58)61-7)41-47-32-14-11-25-18-31-29-13-10-26(17-27(29)21-62-36(31)19-30(25)39(32)49-41)33-20-46-40(48-33)34-15-9-22(2)52(34)42(54)37(23(3)59-5)50-44(56)57/h10-11,13-14,17-20,22-24,28,34-35,37-38,50H,8-9,12,15-16,21H2,1-7H3,(H,46,48)(H,47,49)(H,51,58)(H,56,57)/t22-,23?,24?,28-,34-,35-,37?,38?/m0/s1. The van der Waals surface area contributed by atoms with Gasteiger partial charge in [0.1, 0.15) is 36.1 Å². The van der Waals surface area contributed by atoms with Gasteiger partial charge >= 0.3 is 12.2 Å². The lowest BCUT2D eigenvalue weighted by Gasteiger charge is -2.34. The maximum atomic E-state index is 14.2. The van der Waals surface area contributed by atoms with Gasteiger partial charge in [0.05, 0.1) is 54.3 Å². The van der Waals surface area contributed by atoms with Crippen molar-refractivity contribution in [3.05, 3.63) is 65.9 Å². The predicted octanol–water partition coefficient (Wildman–Crippen LogP) is 6.59. The number of carbonyl (C=O) groups is 4. The first-order valence-electron chi connectivity index (χ1n) is 21.2. The third-order valence-electron chi connectivity index (χ3n) is 13.0. The Morgan fingerprint density at radius 2 is 1.58 bits per heavy atom. The molecule has 0 bridgehead atoms. The number of H-pyrrole nitrogens is 2. The molecule has 8 atom stereocenters. The molecule has 0 radical (unpaired) electrons. The first-order chi connectivity index (χ1) is 29.8. The van der Waals surface area contributed by atoms with E-state index in [1.807, 2.05) is 30.0 Å². The van der Waals surface area contributed by atoms with Gasteiger partial charge < -0.3 is 54.5 Å². The number of nitrogens with one attached hydrogen (secondary N) is 4. The van der Waals surface area contributed by atoms with E-state index in [0.29, 0.717) is 31.1 Å². The van der Waals surface area contributed by atoms with Crippen molar-refractivity contribution in [3.8, 4) is 28.1 Å². The van der Waals surface area contributed by atoms with Gasteiger partial charge in [-0.05, 0) is 99.2 Å². The number of carboxylic acid groups (broad SMARTS) is 1. The number of imidazole rings is 2. The third kappa shape index (κ3) is 7.67. The molecule has 0 saturated carbocycles. The van der Waals surface area contributed by atoms with Crippen LogP contribution in [0.25, 0.3) is 44.2 Å². The molecule has 5 N–H and O–H groups in total. The minimum atomic E-state index is -1.29. The zero-order valence-corrected chi connectivity index (χ0v) is 36.0. The van der Waals surface area contributed by atoms with Crippen molar-refractivity contribution >= 4 is 45.8 Å². The zero-order valence-electron chi connectivity index (χ0n) is 36.0. The van der Waals surface area contributed by atoms with E-state index in [9.17, 15) is 24.3 Å². The number of methoxy groups -OCH3 is 3. The molecule has 328 valence electrons. The normalized spacial score (nSPS) is 21.5. The number of rotatable bonds is 12. The molecule has 3 aromatic carbocycles. The molecule has 3 aliphatic rings. The van der Waals surface area contributed by atoms with Crippen LogP contribution in [0.1, 0.15) is 89.1 Å². The number of aromatic amines is 2. The van der Waals surface area contributed by atoms with Gasteiger partial charge in [0.2, 0.25) is 11.8 Å². The second kappa shape index (κ2) is 17.3. The lowest BCUT2D eigenvalue weighted by atomic mass is 9.92. The molecule has 8 rings (SSSR count). The Balaban J connectivity index is 1.05. The van der Waals surface area contributed by atoms with Crippen LogP contribution in [0.2, 0.25) is 0 Å². The summed E-state index contributed by atoms with van der Waals surface area (Å²) in [4.78, 5) is 72.2. The number of ether oxygens (including phenoxy) is 4. The Morgan fingerprint density at radius 3 is 2.29 bits per heavy atom. The summed E-state index contributed by atoms with van der Waals surface area (Å²) in [5, 5.41) is 16.4. The zero-order chi connectivity index (χ0) is 44.0. The summed E-state index contributed by atoms with van der Waals surface area (Å²) in [6.07, 6.45) is 2.20. The summed E-state index contributed by atoms with van der Waals surface area (Å²) in [7, 11) is 4.22. The van der Waals surface area contributed by atoms with Crippen molar-refractivity contribution in [2.24, 2.45) is 0 Å². The van der Waals surface area contributed by atoms with E-state index in [0.717, 1.165) is 74.8 Å². The minimum Gasteiger partial charge on any atom is -0.488 e. The van der Waals surface area contributed by atoms with Crippen LogP contribution in [-0.4, -0.2) is 117 Å². The fourth-order valence-electron chi connectivity index (χ4n) is 9.47. The SMILES string of the molecule is CC[C@H]1CC[C@@H](c2nc3ccc4cc5c(cc4c3[nH]2)OCc2cc(-c3cnc([C@@H]4CC[C@H](C)N4C(=O)C(NC(=O)O)C(C)OC)[nH]3)ccc2-5)N1C(=O)C(NC(=O)OC)C(C)OC. The summed E-state index contributed by atoms with van der Waals surface area (Å²) in [5.41, 5.74) is 6.36. The summed E-state index contributed by atoms with van der Waals surface area (Å²) < 4.78 is 22.1. The average Bonchev–Trinajstić information content (AvgIpc) is 4.11. The first-order valence-corrected chi connectivity index (χ1v) is 21.2.